The molecule has 0 atom stereocenters. The van der Waals surface area contributed by atoms with Crippen LogP contribution < -0.4 is 9.62 Å². The van der Waals surface area contributed by atoms with Gasteiger partial charge in [-0.2, -0.15) is 0 Å². The highest BCUT2D eigenvalue weighted by Gasteiger charge is 2.28. The van der Waals surface area contributed by atoms with Gasteiger partial charge in [0.2, 0.25) is 0 Å². The van der Waals surface area contributed by atoms with Gasteiger partial charge in [0.15, 0.2) is 0 Å². The van der Waals surface area contributed by atoms with Gasteiger partial charge in [-0.15, -0.1) is 0 Å². The van der Waals surface area contributed by atoms with Crippen LogP contribution in [0.1, 0.15) is 44.0 Å². The number of hydrogen-bond donors (Lipinski definition) is 1. The van der Waals surface area contributed by atoms with Crippen LogP contribution in [0.25, 0.3) is 0 Å². The van der Waals surface area contributed by atoms with E-state index in [0.717, 1.165) is 0 Å². The number of amides is 2. The van der Waals surface area contributed by atoms with E-state index in [1.165, 1.54) is 23.5 Å². The first-order valence-corrected chi connectivity index (χ1v) is 12.3. The zero-order chi connectivity index (χ0) is 24.2. The van der Waals surface area contributed by atoms with E-state index in [0.29, 0.717) is 31.6 Å². The third-order valence-corrected chi connectivity index (χ3v) is 7.14. The van der Waals surface area contributed by atoms with Gasteiger partial charge >= 0.3 is 6.09 Å². The lowest BCUT2D eigenvalue weighted by Gasteiger charge is -2.33. The number of sulfonamides is 1. The van der Waals surface area contributed by atoms with Crippen molar-refractivity contribution in [1.29, 1.82) is 0 Å². The third kappa shape index (κ3) is 6.25. The molecule has 0 unspecified atom stereocenters. The Morgan fingerprint density at radius 2 is 1.67 bits per heavy atom. The van der Waals surface area contributed by atoms with Crippen molar-refractivity contribution < 1.29 is 22.7 Å². The lowest BCUT2D eigenvalue weighted by atomic mass is 10.0. The molecular formula is C24H31N3O5S. The zero-order valence-corrected chi connectivity index (χ0v) is 20.3. The van der Waals surface area contributed by atoms with E-state index in [9.17, 15) is 18.0 Å². The standard InChI is InChI=1S/C24H31N3O5S/c1-24(2,3)32-23(29)27-15-13-19(14-16-27)25-22(28)18-9-8-12-21(17-18)33(30,31)26(4)20-10-6-5-7-11-20/h5-12,17,19H,13-16H2,1-4H3,(H,25,28). The predicted molar refractivity (Wildman–Crippen MR) is 127 cm³/mol. The van der Waals surface area contributed by atoms with Crippen molar-refractivity contribution in [2.45, 2.75) is 50.2 Å². The Hall–Kier alpha value is -3.07. The van der Waals surface area contributed by atoms with Crippen LogP contribution in [0.2, 0.25) is 0 Å². The van der Waals surface area contributed by atoms with Crippen molar-refractivity contribution in [2.75, 3.05) is 24.4 Å². The minimum Gasteiger partial charge on any atom is -0.444 e. The molecule has 1 heterocycles. The number of para-hydroxylation sites is 1. The molecule has 3 rings (SSSR count). The molecule has 2 aromatic rings. The van der Waals surface area contributed by atoms with Crippen LogP contribution >= 0.6 is 0 Å². The molecule has 2 amide bonds. The summed E-state index contributed by atoms with van der Waals surface area (Å²) in [4.78, 5) is 26.7. The molecule has 33 heavy (non-hydrogen) atoms. The minimum absolute atomic E-state index is 0.0428. The summed E-state index contributed by atoms with van der Waals surface area (Å²) < 4.78 is 32.7. The number of likely N-dealkylation sites (tertiary alicyclic amines) is 1. The quantitative estimate of drug-likeness (QED) is 0.715. The number of carbonyl (C=O) groups excluding carboxylic acids is 2. The molecule has 1 aliphatic heterocycles. The Kier molecular flexibility index (Phi) is 7.31. The van der Waals surface area contributed by atoms with Gasteiger partial charge in [0.1, 0.15) is 5.60 Å². The largest absolute Gasteiger partial charge is 0.444 e. The fourth-order valence-electron chi connectivity index (χ4n) is 3.53. The van der Waals surface area contributed by atoms with E-state index in [-0.39, 0.29) is 28.5 Å². The van der Waals surface area contributed by atoms with Gasteiger partial charge < -0.3 is 15.0 Å². The number of piperidine rings is 1. The second-order valence-electron chi connectivity index (χ2n) is 9.05. The number of nitrogens with zero attached hydrogens (tertiary/aromatic N) is 2. The summed E-state index contributed by atoms with van der Waals surface area (Å²) in [5, 5.41) is 2.96. The van der Waals surface area contributed by atoms with E-state index in [2.05, 4.69) is 5.32 Å². The molecule has 1 saturated heterocycles. The Morgan fingerprint density at radius 1 is 1.03 bits per heavy atom. The van der Waals surface area contributed by atoms with E-state index >= 15 is 0 Å². The second kappa shape index (κ2) is 9.82. The highest BCUT2D eigenvalue weighted by Crippen LogP contribution is 2.23. The topological polar surface area (TPSA) is 96.0 Å². The van der Waals surface area contributed by atoms with Crippen molar-refractivity contribution in [3.05, 3.63) is 60.2 Å². The van der Waals surface area contributed by atoms with Crippen LogP contribution in [0.3, 0.4) is 0 Å². The molecule has 1 fully saturated rings. The van der Waals surface area contributed by atoms with Crippen LogP contribution in [0.15, 0.2) is 59.5 Å². The number of anilines is 1. The first-order valence-electron chi connectivity index (χ1n) is 10.9. The maximum atomic E-state index is 13.0. The Balaban J connectivity index is 1.63. The first kappa shape index (κ1) is 24.6. The predicted octanol–water partition coefficient (Wildman–Crippen LogP) is 3.64. The van der Waals surface area contributed by atoms with E-state index in [1.807, 2.05) is 26.8 Å². The smallest absolute Gasteiger partial charge is 0.410 e. The molecule has 9 heteroatoms. The van der Waals surface area contributed by atoms with Gasteiger partial charge in [0, 0.05) is 31.7 Å². The van der Waals surface area contributed by atoms with Crippen molar-refractivity contribution in [3.8, 4) is 0 Å². The second-order valence-corrected chi connectivity index (χ2v) is 11.0. The lowest BCUT2D eigenvalue weighted by Crippen LogP contribution is -2.47. The summed E-state index contributed by atoms with van der Waals surface area (Å²) in [5.41, 5.74) is 0.249. The number of carbonyl (C=O) groups is 2. The molecule has 8 nitrogen and oxygen atoms in total. The summed E-state index contributed by atoms with van der Waals surface area (Å²) in [6.07, 6.45) is 0.840. The van der Waals surface area contributed by atoms with Crippen LogP contribution in [0.5, 0.6) is 0 Å². The summed E-state index contributed by atoms with van der Waals surface area (Å²) >= 11 is 0. The number of ether oxygens (including phenoxy) is 1. The third-order valence-electron chi connectivity index (χ3n) is 5.36. The summed E-state index contributed by atoms with van der Waals surface area (Å²) in [5.74, 6) is -0.342. The average molecular weight is 474 g/mol. The van der Waals surface area contributed by atoms with Crippen LogP contribution in [0.4, 0.5) is 10.5 Å². The molecule has 0 aliphatic carbocycles. The maximum Gasteiger partial charge on any atom is 0.410 e. The summed E-state index contributed by atoms with van der Waals surface area (Å²) in [7, 11) is -2.34. The van der Waals surface area contributed by atoms with E-state index in [1.54, 1.807) is 41.3 Å². The van der Waals surface area contributed by atoms with E-state index < -0.39 is 15.6 Å². The fraction of sp³-hybridized carbons (Fsp3) is 0.417. The maximum absolute atomic E-state index is 13.0. The van der Waals surface area contributed by atoms with Crippen LogP contribution in [-0.4, -0.2) is 57.1 Å². The highest BCUT2D eigenvalue weighted by atomic mass is 32.2. The molecule has 0 saturated carbocycles. The number of rotatable bonds is 5. The Labute approximate surface area is 195 Å². The molecule has 0 aromatic heterocycles. The molecule has 178 valence electrons. The molecule has 1 aliphatic rings. The average Bonchev–Trinajstić information content (AvgIpc) is 2.78. The molecule has 0 spiro atoms. The van der Waals surface area contributed by atoms with Crippen LogP contribution in [-0.2, 0) is 14.8 Å². The molecule has 2 aromatic carbocycles. The summed E-state index contributed by atoms with van der Waals surface area (Å²) in [6, 6.07) is 14.7. The van der Waals surface area contributed by atoms with Gasteiger partial charge in [0.25, 0.3) is 15.9 Å². The molecule has 0 bridgehead atoms. The lowest BCUT2D eigenvalue weighted by molar-refractivity contribution is 0.0199. The van der Waals surface area contributed by atoms with Gasteiger partial charge in [-0.05, 0) is 63.9 Å². The Bertz CT molecular complexity index is 1090. The van der Waals surface area contributed by atoms with Crippen LogP contribution in [0, 0.1) is 0 Å². The van der Waals surface area contributed by atoms with Gasteiger partial charge in [-0.3, -0.25) is 9.10 Å². The molecular weight excluding hydrogens is 442 g/mol. The molecule has 1 N–H and O–H groups in total. The SMILES string of the molecule is CN(c1ccccc1)S(=O)(=O)c1cccc(C(=O)NC2CCN(C(=O)OC(C)(C)C)CC2)c1. The first-order chi connectivity index (χ1) is 15.5. The fourth-order valence-corrected chi connectivity index (χ4v) is 4.78. The monoisotopic (exact) mass is 473 g/mol. The highest BCUT2D eigenvalue weighted by molar-refractivity contribution is 7.92. The molecule has 0 radical (unpaired) electrons. The van der Waals surface area contributed by atoms with Crippen molar-refractivity contribution in [1.82, 2.24) is 10.2 Å². The van der Waals surface area contributed by atoms with Gasteiger partial charge in [-0.25, -0.2) is 13.2 Å². The van der Waals surface area contributed by atoms with Gasteiger partial charge in [0.05, 0.1) is 10.6 Å². The summed E-state index contributed by atoms with van der Waals surface area (Å²) in [6.45, 7) is 6.43. The van der Waals surface area contributed by atoms with Crippen molar-refractivity contribution in [2.24, 2.45) is 0 Å². The van der Waals surface area contributed by atoms with Gasteiger partial charge in [-0.1, -0.05) is 24.3 Å². The zero-order valence-electron chi connectivity index (χ0n) is 19.4. The number of benzene rings is 2. The number of hydrogen-bond acceptors (Lipinski definition) is 5. The van der Waals surface area contributed by atoms with E-state index in [4.69, 9.17) is 4.74 Å². The number of nitrogens with one attached hydrogen (secondary N) is 1. The minimum atomic E-state index is -3.82. The van der Waals surface area contributed by atoms with Crippen molar-refractivity contribution in [3.63, 3.8) is 0 Å². The normalized spacial score (nSPS) is 15.1. The Morgan fingerprint density at radius 3 is 2.27 bits per heavy atom. The van der Waals surface area contributed by atoms with Crippen molar-refractivity contribution >= 4 is 27.7 Å².